The standard InChI is InChI=1S/C47H29N3/c1-3-15-31(16-4-1)41-29-42(32-17-5-2-6-18-32)49-47(48-41)34-20-13-19-33(28-34)45-38-24-11-10-23-37(38)44-40-27-26-30-14-7-8-21-35(30)43(40)36-22-9-12-25-39(36)46(44)50-45/h1-29H. The molecule has 10 aromatic rings. The summed E-state index contributed by atoms with van der Waals surface area (Å²) in [5.41, 5.74) is 7.81. The summed E-state index contributed by atoms with van der Waals surface area (Å²) in [7, 11) is 0. The summed E-state index contributed by atoms with van der Waals surface area (Å²) in [5.74, 6) is 0.681. The minimum absolute atomic E-state index is 0.681. The first kappa shape index (κ1) is 28.3. The molecule has 3 nitrogen and oxygen atoms in total. The van der Waals surface area contributed by atoms with E-state index in [2.05, 4.69) is 140 Å². The number of aromatic nitrogens is 3. The van der Waals surface area contributed by atoms with Crippen LogP contribution in [0.15, 0.2) is 176 Å². The molecule has 0 fully saturated rings. The number of hydrogen-bond donors (Lipinski definition) is 0. The van der Waals surface area contributed by atoms with E-state index in [1.807, 2.05) is 36.4 Å². The van der Waals surface area contributed by atoms with Gasteiger partial charge in [-0.1, -0.05) is 164 Å². The Morgan fingerprint density at radius 2 is 0.840 bits per heavy atom. The molecule has 0 atom stereocenters. The van der Waals surface area contributed by atoms with Crippen LogP contribution < -0.4 is 0 Å². The van der Waals surface area contributed by atoms with Crippen LogP contribution in [0.5, 0.6) is 0 Å². The lowest BCUT2D eigenvalue weighted by molar-refractivity contribution is 1.18. The van der Waals surface area contributed by atoms with Gasteiger partial charge in [0.1, 0.15) is 0 Å². The van der Waals surface area contributed by atoms with Crippen LogP contribution in [-0.4, -0.2) is 15.0 Å². The summed E-state index contributed by atoms with van der Waals surface area (Å²) in [4.78, 5) is 15.8. The smallest absolute Gasteiger partial charge is 0.160 e. The minimum Gasteiger partial charge on any atom is -0.246 e. The van der Waals surface area contributed by atoms with Crippen LogP contribution in [0.1, 0.15) is 0 Å². The highest BCUT2D eigenvalue weighted by atomic mass is 14.9. The zero-order chi connectivity index (χ0) is 33.0. The Labute approximate surface area is 289 Å². The van der Waals surface area contributed by atoms with Crippen LogP contribution in [-0.2, 0) is 0 Å². The molecule has 0 saturated heterocycles. The summed E-state index contributed by atoms with van der Waals surface area (Å²) in [5, 5.41) is 10.9. The van der Waals surface area contributed by atoms with Crippen molar-refractivity contribution in [3.63, 3.8) is 0 Å². The molecule has 0 aliphatic carbocycles. The minimum atomic E-state index is 0.681. The molecule has 0 saturated carbocycles. The molecular weight excluding hydrogens is 607 g/mol. The molecule has 0 spiro atoms. The van der Waals surface area contributed by atoms with Gasteiger partial charge in [-0.15, -0.1) is 0 Å². The topological polar surface area (TPSA) is 38.7 Å². The van der Waals surface area contributed by atoms with Gasteiger partial charge in [-0.3, -0.25) is 0 Å². The molecule has 0 aliphatic rings. The Balaban J connectivity index is 1.23. The molecule has 0 radical (unpaired) electrons. The van der Waals surface area contributed by atoms with Gasteiger partial charge in [0, 0.05) is 38.4 Å². The van der Waals surface area contributed by atoms with Gasteiger partial charge in [-0.2, -0.15) is 0 Å². The first-order valence-corrected chi connectivity index (χ1v) is 17.0. The molecule has 3 heteroatoms. The van der Waals surface area contributed by atoms with Crippen molar-refractivity contribution in [2.45, 2.75) is 0 Å². The van der Waals surface area contributed by atoms with Crippen molar-refractivity contribution in [2.24, 2.45) is 0 Å². The molecule has 0 amide bonds. The quantitative estimate of drug-likeness (QED) is 0.181. The van der Waals surface area contributed by atoms with Crippen LogP contribution in [0, 0.1) is 0 Å². The Morgan fingerprint density at radius 3 is 1.54 bits per heavy atom. The highest BCUT2D eigenvalue weighted by Gasteiger charge is 2.18. The van der Waals surface area contributed by atoms with Crippen molar-refractivity contribution in [1.82, 2.24) is 15.0 Å². The van der Waals surface area contributed by atoms with E-state index in [-0.39, 0.29) is 0 Å². The monoisotopic (exact) mass is 635 g/mol. The van der Waals surface area contributed by atoms with E-state index in [4.69, 9.17) is 15.0 Å². The van der Waals surface area contributed by atoms with E-state index in [1.165, 1.54) is 37.7 Å². The average Bonchev–Trinajstić information content (AvgIpc) is 3.20. The predicted molar refractivity (Wildman–Crippen MR) is 209 cm³/mol. The molecule has 0 bridgehead atoms. The van der Waals surface area contributed by atoms with Crippen molar-refractivity contribution in [1.29, 1.82) is 0 Å². The van der Waals surface area contributed by atoms with Crippen molar-refractivity contribution in [3.8, 4) is 45.2 Å². The van der Waals surface area contributed by atoms with Gasteiger partial charge in [-0.25, -0.2) is 15.0 Å². The second-order valence-electron chi connectivity index (χ2n) is 12.8. The molecule has 2 heterocycles. The third-order valence-electron chi connectivity index (χ3n) is 9.82. The normalized spacial score (nSPS) is 11.6. The number of pyridine rings is 1. The molecule has 0 N–H and O–H groups in total. The largest absolute Gasteiger partial charge is 0.246 e. The van der Waals surface area contributed by atoms with E-state index in [0.717, 1.165) is 55.6 Å². The van der Waals surface area contributed by atoms with Gasteiger partial charge >= 0.3 is 0 Å². The van der Waals surface area contributed by atoms with Gasteiger partial charge in [0.25, 0.3) is 0 Å². The van der Waals surface area contributed by atoms with Crippen LogP contribution in [0.4, 0.5) is 0 Å². The van der Waals surface area contributed by atoms with Gasteiger partial charge < -0.3 is 0 Å². The van der Waals surface area contributed by atoms with E-state index in [9.17, 15) is 0 Å². The van der Waals surface area contributed by atoms with Crippen LogP contribution in [0.3, 0.4) is 0 Å². The maximum atomic E-state index is 5.56. The van der Waals surface area contributed by atoms with Crippen molar-refractivity contribution in [3.05, 3.63) is 176 Å². The van der Waals surface area contributed by atoms with Gasteiger partial charge in [0.05, 0.1) is 22.6 Å². The van der Waals surface area contributed by atoms with Crippen molar-refractivity contribution in [2.75, 3.05) is 0 Å². The fraction of sp³-hybridized carbons (Fsp3) is 0. The molecule has 50 heavy (non-hydrogen) atoms. The average molecular weight is 636 g/mol. The Kier molecular flexibility index (Phi) is 6.49. The molecule has 8 aromatic carbocycles. The van der Waals surface area contributed by atoms with Crippen LogP contribution >= 0.6 is 0 Å². The maximum absolute atomic E-state index is 5.56. The number of fused-ring (bicyclic) bond motifs is 10. The lowest BCUT2D eigenvalue weighted by Gasteiger charge is -2.17. The van der Waals surface area contributed by atoms with Crippen molar-refractivity contribution < 1.29 is 0 Å². The Morgan fingerprint density at radius 1 is 0.300 bits per heavy atom. The number of rotatable bonds is 4. The first-order valence-electron chi connectivity index (χ1n) is 17.0. The van der Waals surface area contributed by atoms with Crippen LogP contribution in [0.2, 0.25) is 0 Å². The van der Waals surface area contributed by atoms with Gasteiger partial charge in [0.2, 0.25) is 0 Å². The van der Waals surface area contributed by atoms with Gasteiger partial charge in [-0.05, 0) is 44.5 Å². The van der Waals surface area contributed by atoms with E-state index >= 15 is 0 Å². The fourth-order valence-corrected chi connectivity index (χ4v) is 7.52. The van der Waals surface area contributed by atoms with Crippen molar-refractivity contribution >= 4 is 54.0 Å². The fourth-order valence-electron chi connectivity index (χ4n) is 7.52. The zero-order valence-corrected chi connectivity index (χ0v) is 27.1. The zero-order valence-electron chi connectivity index (χ0n) is 27.1. The second kappa shape index (κ2) is 11.5. The number of hydrogen-bond acceptors (Lipinski definition) is 3. The molecule has 0 aliphatic heterocycles. The molecule has 232 valence electrons. The van der Waals surface area contributed by atoms with E-state index < -0.39 is 0 Å². The summed E-state index contributed by atoms with van der Waals surface area (Å²) in [6.07, 6.45) is 0. The molecular formula is C47H29N3. The lowest BCUT2D eigenvalue weighted by atomic mass is 9.90. The third kappa shape index (κ3) is 4.56. The Hall–Kier alpha value is -6.71. The van der Waals surface area contributed by atoms with Crippen LogP contribution in [0.25, 0.3) is 99.2 Å². The second-order valence-corrected chi connectivity index (χ2v) is 12.8. The number of nitrogens with zero attached hydrogens (tertiary/aromatic N) is 3. The first-order chi connectivity index (χ1) is 24.8. The molecule has 10 rings (SSSR count). The predicted octanol–water partition coefficient (Wildman–Crippen LogP) is 12.3. The summed E-state index contributed by atoms with van der Waals surface area (Å²) in [6.45, 7) is 0. The summed E-state index contributed by atoms with van der Waals surface area (Å²) in [6, 6.07) is 61.9. The summed E-state index contributed by atoms with van der Waals surface area (Å²) < 4.78 is 0. The highest BCUT2D eigenvalue weighted by Crippen LogP contribution is 2.43. The molecule has 2 aromatic heterocycles. The van der Waals surface area contributed by atoms with Gasteiger partial charge in [0.15, 0.2) is 5.82 Å². The number of benzene rings is 8. The third-order valence-corrected chi connectivity index (χ3v) is 9.82. The summed E-state index contributed by atoms with van der Waals surface area (Å²) >= 11 is 0. The van der Waals surface area contributed by atoms with E-state index in [1.54, 1.807) is 0 Å². The lowest BCUT2D eigenvalue weighted by Crippen LogP contribution is -1.97. The maximum Gasteiger partial charge on any atom is 0.160 e. The molecule has 0 unspecified atom stereocenters. The Bertz CT molecular complexity index is 2860. The SMILES string of the molecule is c1ccc(-c2cc(-c3ccccc3)nc(-c3cccc(-c4nc5c6ccccc6c6c7ccccc7ccc6c5c5ccccc45)c3)n2)cc1. The highest BCUT2D eigenvalue weighted by molar-refractivity contribution is 6.35. The van der Waals surface area contributed by atoms with E-state index in [0.29, 0.717) is 5.82 Å².